The van der Waals surface area contributed by atoms with E-state index < -0.39 is 0 Å². The number of nitrogens with zero attached hydrogens (tertiary/aromatic N) is 1. The average molecular weight is 393 g/mol. The fourth-order valence-corrected chi connectivity index (χ4v) is 4.69. The predicted octanol–water partition coefficient (Wildman–Crippen LogP) is 2.45. The molecule has 2 N–H and O–H groups in total. The van der Waals surface area contributed by atoms with Crippen LogP contribution in [0.25, 0.3) is 0 Å². The lowest BCUT2D eigenvalue weighted by atomic mass is 9.72. The first-order chi connectivity index (χ1) is 13.6. The van der Waals surface area contributed by atoms with E-state index in [0.29, 0.717) is 19.3 Å². The summed E-state index contributed by atoms with van der Waals surface area (Å²) < 4.78 is 11.1. The van der Waals surface area contributed by atoms with Crippen molar-refractivity contribution >= 4 is 12.4 Å². The van der Waals surface area contributed by atoms with Crippen molar-refractivity contribution < 1.29 is 29.3 Å². The smallest absolute Gasteiger partial charge is 0.313 e. The molecule has 7 nitrogen and oxygen atoms in total. The molecule has 0 amide bonds. The van der Waals surface area contributed by atoms with E-state index in [1.165, 1.54) is 0 Å². The Labute approximate surface area is 166 Å². The van der Waals surface area contributed by atoms with Gasteiger partial charge in [-0.2, -0.15) is 0 Å². The quantitative estimate of drug-likeness (QED) is 0.517. The minimum atomic E-state index is -0.361. The molecule has 1 aromatic carbocycles. The van der Waals surface area contributed by atoms with Gasteiger partial charge in [-0.25, -0.2) is 0 Å². The van der Waals surface area contributed by atoms with Crippen LogP contribution in [0.5, 0.6) is 5.75 Å². The van der Waals surface area contributed by atoms with Crippen LogP contribution in [0.1, 0.15) is 45.1 Å². The summed E-state index contributed by atoms with van der Waals surface area (Å²) in [6.45, 7) is 5.25. The molecule has 0 saturated carbocycles. The maximum absolute atomic E-state index is 12.7. The van der Waals surface area contributed by atoms with E-state index in [4.69, 9.17) is 24.5 Å². The molecule has 156 valence electrons. The number of esters is 1. The van der Waals surface area contributed by atoms with Crippen LogP contribution in [0.4, 0.5) is 0 Å². The fourth-order valence-electron chi connectivity index (χ4n) is 4.69. The fraction of sp³-hybridized carbons (Fsp3) is 0.619. The molecule has 28 heavy (non-hydrogen) atoms. The monoisotopic (exact) mass is 393 g/mol. The molecule has 2 bridgehead atoms. The van der Waals surface area contributed by atoms with Crippen LogP contribution in [0, 0.1) is 5.41 Å². The molecule has 0 aromatic heterocycles. The maximum atomic E-state index is 12.7. The second-order valence-electron chi connectivity index (χ2n) is 7.14. The van der Waals surface area contributed by atoms with Gasteiger partial charge in [0.1, 0.15) is 12.4 Å². The lowest BCUT2D eigenvalue weighted by molar-refractivity contribution is -0.157. The van der Waals surface area contributed by atoms with Crippen LogP contribution in [-0.2, 0) is 20.9 Å². The van der Waals surface area contributed by atoms with Crippen molar-refractivity contribution in [2.45, 2.75) is 58.2 Å². The molecule has 1 aromatic rings. The largest absolute Gasteiger partial charge is 0.491 e. The third-order valence-electron chi connectivity index (χ3n) is 5.87. The zero-order valence-corrected chi connectivity index (χ0v) is 16.7. The summed E-state index contributed by atoms with van der Waals surface area (Å²) in [7, 11) is 0. The summed E-state index contributed by atoms with van der Waals surface area (Å²) >= 11 is 0. The van der Waals surface area contributed by atoms with Gasteiger partial charge in [-0.05, 0) is 38.7 Å². The van der Waals surface area contributed by atoms with Gasteiger partial charge in [0, 0.05) is 24.2 Å². The first-order valence-corrected chi connectivity index (χ1v) is 9.90. The van der Waals surface area contributed by atoms with Gasteiger partial charge in [-0.3, -0.25) is 14.5 Å². The first-order valence-electron chi connectivity index (χ1n) is 9.90. The number of aliphatic hydroxyl groups excluding tert-OH is 1. The summed E-state index contributed by atoms with van der Waals surface area (Å²) in [5, 5.41) is 15.9. The van der Waals surface area contributed by atoms with E-state index in [-0.39, 0.29) is 30.5 Å². The zero-order chi connectivity index (χ0) is 20.6. The Morgan fingerprint density at radius 1 is 1.32 bits per heavy atom. The minimum Gasteiger partial charge on any atom is -0.491 e. The Balaban J connectivity index is 0.000000878. The lowest BCUT2D eigenvalue weighted by Gasteiger charge is -2.34. The number of para-hydroxylation sites is 1. The van der Waals surface area contributed by atoms with Crippen LogP contribution >= 0.6 is 0 Å². The van der Waals surface area contributed by atoms with E-state index >= 15 is 0 Å². The average Bonchev–Trinajstić information content (AvgIpc) is 3.23. The lowest BCUT2D eigenvalue weighted by Crippen LogP contribution is -2.44. The minimum absolute atomic E-state index is 0.00506. The van der Waals surface area contributed by atoms with Gasteiger partial charge >= 0.3 is 5.97 Å². The Morgan fingerprint density at radius 2 is 2.04 bits per heavy atom. The molecule has 2 fully saturated rings. The number of aliphatic hydroxyl groups is 1. The molecule has 0 unspecified atom stereocenters. The third-order valence-corrected chi connectivity index (χ3v) is 5.87. The van der Waals surface area contributed by atoms with Gasteiger partial charge in [0.15, 0.2) is 0 Å². The molecule has 2 saturated heterocycles. The van der Waals surface area contributed by atoms with E-state index in [0.717, 1.165) is 43.5 Å². The van der Waals surface area contributed by atoms with E-state index in [1.54, 1.807) is 0 Å². The number of carbonyl (C=O) groups excluding carboxylic acids is 1. The molecule has 0 spiro atoms. The molecular formula is C21H31NO6. The first kappa shape index (κ1) is 22.2. The molecule has 3 atom stereocenters. The van der Waals surface area contributed by atoms with Crippen LogP contribution in [0.15, 0.2) is 24.3 Å². The van der Waals surface area contributed by atoms with E-state index in [9.17, 15) is 4.79 Å². The third kappa shape index (κ3) is 4.47. The molecule has 2 aliphatic rings. The highest BCUT2D eigenvalue weighted by Gasteiger charge is 2.59. The number of rotatable bonds is 8. The molecular weight excluding hydrogens is 362 g/mol. The molecule has 0 aliphatic carbocycles. The van der Waals surface area contributed by atoms with Gasteiger partial charge < -0.3 is 19.7 Å². The number of hydrogen-bond donors (Lipinski definition) is 2. The van der Waals surface area contributed by atoms with Crippen molar-refractivity contribution in [3.8, 4) is 5.75 Å². The molecule has 2 aliphatic heterocycles. The maximum Gasteiger partial charge on any atom is 0.313 e. The normalized spacial score (nSPS) is 25.7. The molecule has 3 rings (SSSR count). The van der Waals surface area contributed by atoms with Crippen molar-refractivity contribution in [3.63, 3.8) is 0 Å². The molecule has 7 heteroatoms. The highest BCUT2D eigenvalue weighted by atomic mass is 16.5. The Kier molecular flexibility index (Phi) is 8.26. The number of ether oxygens (including phenoxy) is 2. The highest BCUT2D eigenvalue weighted by molar-refractivity contribution is 5.78. The van der Waals surface area contributed by atoms with Crippen LogP contribution < -0.4 is 4.74 Å². The van der Waals surface area contributed by atoms with Gasteiger partial charge in [0.05, 0.1) is 18.6 Å². The van der Waals surface area contributed by atoms with Gasteiger partial charge in [-0.1, -0.05) is 25.1 Å². The zero-order valence-electron chi connectivity index (χ0n) is 16.7. The predicted molar refractivity (Wildman–Crippen MR) is 104 cm³/mol. The molecule has 0 radical (unpaired) electrons. The van der Waals surface area contributed by atoms with Crippen molar-refractivity contribution in [1.82, 2.24) is 4.90 Å². The SMILES string of the molecule is CCOC(=O)[C@]1(CC)C[C@@H]2CC[C@H]1N2Cc1ccccc1OCCO.O=CO. The Bertz CT molecular complexity index is 652. The van der Waals surface area contributed by atoms with Crippen LogP contribution in [0.3, 0.4) is 0 Å². The standard InChI is InChI=1S/C20H29NO4.CH2O2/c1-3-20(19(23)24-4-2)13-16-9-10-18(20)21(16)14-15-7-5-6-8-17(15)25-12-11-22;2-1-3/h5-8,16,18,22H,3-4,9-14H2,1-2H3;1H,(H,2,3)/t16-,18+,20+;/m0./s1. The van der Waals surface area contributed by atoms with Gasteiger partial charge in [-0.15, -0.1) is 0 Å². The summed E-state index contributed by atoms with van der Waals surface area (Å²) in [5.41, 5.74) is 0.753. The summed E-state index contributed by atoms with van der Waals surface area (Å²) in [5.74, 6) is 0.792. The Morgan fingerprint density at radius 3 is 2.68 bits per heavy atom. The Hall–Kier alpha value is -2.12. The topological polar surface area (TPSA) is 96.3 Å². The number of benzene rings is 1. The number of fused-ring (bicyclic) bond motifs is 2. The molecule has 2 heterocycles. The van der Waals surface area contributed by atoms with Crippen molar-refractivity contribution in [1.29, 1.82) is 0 Å². The van der Waals surface area contributed by atoms with E-state index in [2.05, 4.69) is 17.9 Å². The second-order valence-corrected chi connectivity index (χ2v) is 7.14. The van der Waals surface area contributed by atoms with Gasteiger partial charge in [0.25, 0.3) is 6.47 Å². The van der Waals surface area contributed by atoms with Crippen LogP contribution in [0.2, 0.25) is 0 Å². The number of carbonyl (C=O) groups is 2. The van der Waals surface area contributed by atoms with Crippen molar-refractivity contribution in [3.05, 3.63) is 29.8 Å². The van der Waals surface area contributed by atoms with Crippen LogP contribution in [-0.4, -0.2) is 59.5 Å². The number of hydrogen-bond acceptors (Lipinski definition) is 6. The second kappa shape index (κ2) is 10.4. The number of carboxylic acid groups (broad SMARTS) is 1. The van der Waals surface area contributed by atoms with Gasteiger partial charge in [0.2, 0.25) is 0 Å². The highest BCUT2D eigenvalue weighted by Crippen LogP contribution is 2.53. The van der Waals surface area contributed by atoms with Crippen molar-refractivity contribution in [2.75, 3.05) is 19.8 Å². The summed E-state index contributed by atoms with van der Waals surface area (Å²) in [6, 6.07) is 8.65. The summed E-state index contributed by atoms with van der Waals surface area (Å²) in [6.07, 6.45) is 3.92. The summed E-state index contributed by atoms with van der Waals surface area (Å²) in [4.78, 5) is 23.5. The van der Waals surface area contributed by atoms with E-state index in [1.807, 2.05) is 25.1 Å². The van der Waals surface area contributed by atoms with Crippen molar-refractivity contribution in [2.24, 2.45) is 5.41 Å².